The van der Waals surface area contributed by atoms with Crippen LogP contribution in [0.4, 0.5) is 0 Å². The molecule has 0 spiro atoms. The molecule has 0 saturated carbocycles. The molecule has 3 rings (SSSR count). The summed E-state index contributed by atoms with van der Waals surface area (Å²) < 4.78 is 11.2. The third kappa shape index (κ3) is 4.49. The lowest BCUT2D eigenvalue weighted by atomic mass is 9.86. The number of benzene rings is 2. The second-order valence-electron chi connectivity index (χ2n) is 8.01. The fraction of sp³-hybridized carbons (Fsp3) is 0.240. The van der Waals surface area contributed by atoms with Gasteiger partial charge in [-0.05, 0) is 38.5 Å². The molecule has 0 fully saturated rings. The van der Waals surface area contributed by atoms with E-state index in [1.165, 1.54) is 0 Å². The minimum atomic E-state index is -1.69. The molecule has 2 aromatic rings. The van der Waals surface area contributed by atoms with Gasteiger partial charge in [0.05, 0.1) is 11.6 Å². The van der Waals surface area contributed by atoms with Crippen molar-refractivity contribution in [3.8, 4) is 6.07 Å². The first-order valence-corrected chi connectivity index (χ1v) is 9.64. The van der Waals surface area contributed by atoms with Crippen molar-refractivity contribution in [2.45, 2.75) is 38.4 Å². The molecule has 1 atom stereocenters. The van der Waals surface area contributed by atoms with Crippen LogP contribution in [0, 0.1) is 11.3 Å². The van der Waals surface area contributed by atoms with Crippen molar-refractivity contribution in [2.24, 2.45) is 0 Å². The lowest BCUT2D eigenvalue weighted by molar-refractivity contribution is -0.177. The van der Waals surface area contributed by atoms with E-state index in [1.807, 2.05) is 36.4 Å². The summed E-state index contributed by atoms with van der Waals surface area (Å²) in [4.78, 5) is 25.7. The predicted molar refractivity (Wildman–Crippen MR) is 113 cm³/mol. The monoisotopic (exact) mass is 401 g/mol. The Labute approximate surface area is 176 Å². The van der Waals surface area contributed by atoms with Crippen molar-refractivity contribution in [3.63, 3.8) is 0 Å². The molecule has 1 aliphatic rings. The van der Waals surface area contributed by atoms with Crippen molar-refractivity contribution in [2.75, 3.05) is 0 Å². The summed E-state index contributed by atoms with van der Waals surface area (Å²) in [5, 5.41) is 9.68. The molecule has 0 radical (unpaired) electrons. The van der Waals surface area contributed by atoms with Gasteiger partial charge in [-0.3, -0.25) is 0 Å². The van der Waals surface area contributed by atoms with E-state index in [2.05, 4.69) is 6.07 Å². The van der Waals surface area contributed by atoms with Crippen molar-refractivity contribution in [1.29, 1.82) is 5.26 Å². The smallest absolute Gasteiger partial charge is 0.356 e. The molecule has 0 bridgehead atoms. The number of ether oxygens (including phenoxy) is 2. The molecule has 152 valence electrons. The van der Waals surface area contributed by atoms with E-state index in [0.29, 0.717) is 11.1 Å². The number of nitrogens with zero attached hydrogens (tertiary/aromatic N) is 1. The molecule has 0 aromatic heterocycles. The molecule has 2 aromatic carbocycles. The summed E-state index contributed by atoms with van der Waals surface area (Å²) >= 11 is 0. The Morgan fingerprint density at radius 3 is 2.47 bits per heavy atom. The quantitative estimate of drug-likeness (QED) is 0.403. The van der Waals surface area contributed by atoms with Crippen LogP contribution in [-0.2, 0) is 19.9 Å². The SMILES string of the molecule is CC(C)(C)OC(=O)[C@@]1(C/C(C#N)=C/C=C/c2ccccc2)OC(=O)c2ccccc21. The largest absolute Gasteiger partial charge is 0.457 e. The highest BCUT2D eigenvalue weighted by Gasteiger charge is 2.54. The van der Waals surface area contributed by atoms with E-state index in [-0.39, 0.29) is 12.0 Å². The summed E-state index contributed by atoms with van der Waals surface area (Å²) in [6, 6.07) is 18.4. The predicted octanol–water partition coefficient (Wildman–Crippen LogP) is 4.95. The zero-order valence-corrected chi connectivity index (χ0v) is 17.2. The number of nitriles is 1. The van der Waals surface area contributed by atoms with Crippen LogP contribution < -0.4 is 0 Å². The molecule has 0 N–H and O–H groups in total. The normalized spacial score (nSPS) is 18.6. The Hall–Kier alpha value is -3.65. The second-order valence-corrected chi connectivity index (χ2v) is 8.01. The van der Waals surface area contributed by atoms with Gasteiger partial charge in [0.25, 0.3) is 0 Å². The Bertz CT molecular complexity index is 1050. The van der Waals surface area contributed by atoms with Gasteiger partial charge in [0, 0.05) is 17.6 Å². The maximum Gasteiger partial charge on any atom is 0.356 e. The molecule has 0 amide bonds. The third-order valence-electron chi connectivity index (χ3n) is 4.55. The summed E-state index contributed by atoms with van der Waals surface area (Å²) in [5.41, 5.74) is -0.484. The van der Waals surface area contributed by atoms with Crippen molar-refractivity contribution in [3.05, 3.63) is 89.0 Å². The number of esters is 2. The van der Waals surface area contributed by atoms with Crippen LogP contribution in [0.25, 0.3) is 6.08 Å². The van der Waals surface area contributed by atoms with Crippen LogP contribution in [0.5, 0.6) is 0 Å². The van der Waals surface area contributed by atoms with E-state index < -0.39 is 23.1 Å². The Kier molecular flexibility index (Phi) is 5.89. The van der Waals surface area contributed by atoms with Gasteiger partial charge >= 0.3 is 11.9 Å². The van der Waals surface area contributed by atoms with E-state index in [4.69, 9.17) is 9.47 Å². The van der Waals surface area contributed by atoms with E-state index in [1.54, 1.807) is 57.2 Å². The molecule has 0 aliphatic carbocycles. The van der Waals surface area contributed by atoms with E-state index in [9.17, 15) is 14.9 Å². The molecule has 1 aliphatic heterocycles. The summed E-state index contributed by atoms with van der Waals surface area (Å²) in [7, 11) is 0. The summed E-state index contributed by atoms with van der Waals surface area (Å²) in [6.45, 7) is 5.22. The number of allylic oxidation sites excluding steroid dienone is 2. The first-order chi connectivity index (χ1) is 14.2. The summed E-state index contributed by atoms with van der Waals surface area (Å²) in [6.07, 6.45) is 5.10. The van der Waals surface area contributed by atoms with Gasteiger partial charge in [-0.25, -0.2) is 9.59 Å². The number of hydrogen-bond donors (Lipinski definition) is 0. The zero-order valence-electron chi connectivity index (χ0n) is 17.2. The number of cyclic esters (lactones) is 1. The van der Waals surface area contributed by atoms with Gasteiger partial charge in [-0.1, -0.05) is 60.7 Å². The molecule has 0 unspecified atom stereocenters. The fourth-order valence-electron chi connectivity index (χ4n) is 3.24. The van der Waals surface area contributed by atoms with Gasteiger partial charge in [0.1, 0.15) is 5.60 Å². The summed E-state index contributed by atoms with van der Waals surface area (Å²) in [5.74, 6) is -1.30. The standard InChI is InChI=1S/C25H23NO4/c1-24(2,3)30-23(28)25(21-15-8-7-14-20(21)22(27)29-25)16-19(17-26)13-9-12-18-10-5-4-6-11-18/h4-15H,16H2,1-3H3/b12-9+,19-13-/t25-/m0/s1. The molecule has 5 heteroatoms. The van der Waals surface area contributed by atoms with Crippen LogP contribution in [0.15, 0.2) is 72.3 Å². The van der Waals surface area contributed by atoms with Crippen molar-refractivity contribution >= 4 is 18.0 Å². The molecule has 30 heavy (non-hydrogen) atoms. The Morgan fingerprint density at radius 1 is 1.13 bits per heavy atom. The van der Waals surface area contributed by atoms with E-state index in [0.717, 1.165) is 5.56 Å². The van der Waals surface area contributed by atoms with Gasteiger partial charge in [-0.2, -0.15) is 5.26 Å². The van der Waals surface area contributed by atoms with Gasteiger partial charge in [-0.15, -0.1) is 0 Å². The number of fused-ring (bicyclic) bond motifs is 1. The van der Waals surface area contributed by atoms with Crippen LogP contribution in [-0.4, -0.2) is 17.5 Å². The molecule has 0 saturated heterocycles. The number of carbonyl (C=O) groups is 2. The fourth-order valence-corrected chi connectivity index (χ4v) is 3.24. The highest BCUT2D eigenvalue weighted by Crippen LogP contribution is 2.43. The van der Waals surface area contributed by atoms with Gasteiger partial charge in [0.15, 0.2) is 0 Å². The minimum Gasteiger partial charge on any atom is -0.457 e. The second kappa shape index (κ2) is 8.38. The average molecular weight is 401 g/mol. The molecule has 1 heterocycles. The average Bonchev–Trinajstić information content (AvgIpc) is 3.00. The lowest BCUT2D eigenvalue weighted by Gasteiger charge is -2.30. The van der Waals surface area contributed by atoms with Crippen molar-refractivity contribution in [1.82, 2.24) is 0 Å². The molecular weight excluding hydrogens is 378 g/mol. The third-order valence-corrected chi connectivity index (χ3v) is 4.55. The Balaban J connectivity index is 1.98. The van der Waals surface area contributed by atoms with Crippen LogP contribution in [0.1, 0.15) is 48.7 Å². The highest BCUT2D eigenvalue weighted by atomic mass is 16.6. The maximum atomic E-state index is 13.2. The first kappa shape index (κ1) is 21.1. The lowest BCUT2D eigenvalue weighted by Crippen LogP contribution is -2.42. The van der Waals surface area contributed by atoms with Crippen LogP contribution in [0.2, 0.25) is 0 Å². The molecule has 5 nitrogen and oxygen atoms in total. The first-order valence-electron chi connectivity index (χ1n) is 9.64. The van der Waals surface area contributed by atoms with Crippen LogP contribution >= 0.6 is 0 Å². The maximum absolute atomic E-state index is 13.2. The van der Waals surface area contributed by atoms with Crippen LogP contribution in [0.3, 0.4) is 0 Å². The van der Waals surface area contributed by atoms with Gasteiger partial charge < -0.3 is 9.47 Å². The Morgan fingerprint density at radius 2 is 1.80 bits per heavy atom. The van der Waals surface area contributed by atoms with Gasteiger partial charge in [0.2, 0.25) is 5.60 Å². The molecular formula is C25H23NO4. The topological polar surface area (TPSA) is 76.4 Å². The minimum absolute atomic E-state index is 0.111. The zero-order chi connectivity index (χ0) is 21.8. The number of hydrogen-bond acceptors (Lipinski definition) is 5. The van der Waals surface area contributed by atoms with Crippen molar-refractivity contribution < 1.29 is 19.1 Å². The number of rotatable bonds is 5. The highest BCUT2D eigenvalue weighted by molar-refractivity contribution is 6.01. The number of carbonyl (C=O) groups excluding carboxylic acids is 2. The van der Waals surface area contributed by atoms with E-state index >= 15 is 0 Å².